The quantitative estimate of drug-likeness (QED) is 0.592. The Kier molecular flexibility index (Phi) is 4.52. The first-order valence-corrected chi connectivity index (χ1v) is 9.21. The molecule has 0 aliphatic rings. The number of carbonyl (C=O) groups excluding carboxylic acids is 1. The smallest absolute Gasteiger partial charge is 0.276 e. The average Bonchev–Trinajstić information content (AvgIpc) is 3.03. The van der Waals surface area contributed by atoms with Gasteiger partial charge in [0.05, 0.1) is 21.8 Å². The molecule has 0 unspecified atom stereocenters. The molecule has 0 saturated carbocycles. The van der Waals surface area contributed by atoms with E-state index in [2.05, 4.69) is 15.4 Å². The Labute approximate surface area is 159 Å². The normalized spacial score (nSPS) is 10.9. The second-order valence-electron chi connectivity index (χ2n) is 6.07. The number of aromatic nitrogens is 3. The molecular formula is C20H16N4O2S. The van der Waals surface area contributed by atoms with E-state index >= 15 is 0 Å². The summed E-state index contributed by atoms with van der Waals surface area (Å²) in [6.45, 7) is 2.26. The number of thiazole rings is 1. The van der Waals surface area contributed by atoms with E-state index in [1.54, 1.807) is 17.4 Å². The summed E-state index contributed by atoms with van der Waals surface area (Å²) in [5, 5.41) is 8.02. The summed E-state index contributed by atoms with van der Waals surface area (Å²) in [7, 11) is 0. The van der Waals surface area contributed by atoms with Gasteiger partial charge in [-0.25, -0.2) is 9.67 Å². The molecule has 134 valence electrons. The number of aryl methyl sites for hydroxylation is 1. The van der Waals surface area contributed by atoms with Crippen LogP contribution in [0.15, 0.2) is 65.5 Å². The fourth-order valence-electron chi connectivity index (χ4n) is 2.75. The van der Waals surface area contributed by atoms with E-state index in [1.165, 1.54) is 16.8 Å². The molecule has 0 fully saturated rings. The number of carbonyl (C=O) groups is 1. The third kappa shape index (κ3) is 3.78. The first-order valence-electron chi connectivity index (χ1n) is 8.39. The summed E-state index contributed by atoms with van der Waals surface area (Å²) in [6, 6.07) is 17.9. The van der Waals surface area contributed by atoms with E-state index in [9.17, 15) is 9.59 Å². The molecule has 2 aromatic carbocycles. The zero-order chi connectivity index (χ0) is 18.8. The van der Waals surface area contributed by atoms with Gasteiger partial charge in [-0.2, -0.15) is 5.10 Å². The standard InChI is InChI=1S/C20H16N4O2S/c1-13-21-16-8-7-15(11-18(16)27-13)22-20(26)17-9-10-19(25)24(23-17)12-14-5-3-2-4-6-14/h2-11H,12H2,1H3,(H,22,26). The molecule has 0 bridgehead atoms. The predicted octanol–water partition coefficient (Wildman–Crippen LogP) is 3.46. The van der Waals surface area contributed by atoms with Gasteiger partial charge in [-0.05, 0) is 36.8 Å². The highest BCUT2D eigenvalue weighted by Gasteiger charge is 2.11. The minimum absolute atomic E-state index is 0.186. The monoisotopic (exact) mass is 376 g/mol. The number of amides is 1. The van der Waals surface area contributed by atoms with Gasteiger partial charge in [0.1, 0.15) is 5.69 Å². The maximum absolute atomic E-state index is 12.6. The summed E-state index contributed by atoms with van der Waals surface area (Å²) in [5.41, 5.74) is 2.45. The number of nitrogens with one attached hydrogen (secondary N) is 1. The van der Waals surface area contributed by atoms with Crippen LogP contribution in [0.5, 0.6) is 0 Å². The van der Waals surface area contributed by atoms with Crippen molar-refractivity contribution < 1.29 is 4.79 Å². The van der Waals surface area contributed by atoms with Gasteiger partial charge in [0, 0.05) is 11.8 Å². The van der Waals surface area contributed by atoms with Crippen LogP contribution in [0, 0.1) is 6.92 Å². The number of benzene rings is 2. The van der Waals surface area contributed by atoms with E-state index < -0.39 is 0 Å². The van der Waals surface area contributed by atoms with E-state index in [0.29, 0.717) is 12.2 Å². The first-order chi connectivity index (χ1) is 13.1. The van der Waals surface area contributed by atoms with Crippen LogP contribution in [-0.2, 0) is 6.54 Å². The van der Waals surface area contributed by atoms with Crippen molar-refractivity contribution in [1.29, 1.82) is 0 Å². The number of anilines is 1. The Bertz CT molecular complexity index is 1180. The lowest BCUT2D eigenvalue weighted by atomic mass is 10.2. The summed E-state index contributed by atoms with van der Waals surface area (Å²) in [5.74, 6) is -0.364. The van der Waals surface area contributed by atoms with Crippen LogP contribution < -0.4 is 10.9 Å². The zero-order valence-electron chi connectivity index (χ0n) is 14.5. The third-order valence-electron chi connectivity index (χ3n) is 4.03. The summed E-state index contributed by atoms with van der Waals surface area (Å²) in [6.07, 6.45) is 0. The van der Waals surface area contributed by atoms with Crippen molar-refractivity contribution in [3.63, 3.8) is 0 Å². The summed E-state index contributed by atoms with van der Waals surface area (Å²) >= 11 is 1.57. The molecular weight excluding hydrogens is 360 g/mol. The molecule has 27 heavy (non-hydrogen) atoms. The van der Waals surface area contributed by atoms with Crippen LogP contribution in [0.1, 0.15) is 21.1 Å². The second kappa shape index (κ2) is 7.13. The highest BCUT2D eigenvalue weighted by atomic mass is 32.1. The molecule has 0 aliphatic heterocycles. The molecule has 0 radical (unpaired) electrons. The Morgan fingerprint density at radius 2 is 1.93 bits per heavy atom. The minimum atomic E-state index is -0.364. The van der Waals surface area contributed by atoms with Crippen molar-refractivity contribution in [2.24, 2.45) is 0 Å². The molecule has 6 nitrogen and oxygen atoms in total. The Morgan fingerprint density at radius 3 is 2.74 bits per heavy atom. The molecule has 4 rings (SSSR count). The van der Waals surface area contributed by atoms with Gasteiger partial charge < -0.3 is 5.32 Å². The number of hydrogen-bond acceptors (Lipinski definition) is 5. The first kappa shape index (κ1) is 17.1. The lowest BCUT2D eigenvalue weighted by Gasteiger charge is -2.08. The van der Waals surface area contributed by atoms with E-state index in [4.69, 9.17) is 0 Å². The Balaban J connectivity index is 1.57. The largest absolute Gasteiger partial charge is 0.321 e. The number of hydrogen-bond donors (Lipinski definition) is 1. The van der Waals surface area contributed by atoms with Crippen LogP contribution in [0.25, 0.3) is 10.2 Å². The molecule has 0 spiro atoms. The van der Waals surface area contributed by atoms with Gasteiger partial charge in [-0.3, -0.25) is 9.59 Å². The molecule has 2 aromatic heterocycles. The maximum Gasteiger partial charge on any atom is 0.276 e. The van der Waals surface area contributed by atoms with Crippen molar-refractivity contribution in [3.05, 3.63) is 87.3 Å². The van der Waals surface area contributed by atoms with E-state index in [-0.39, 0.29) is 17.2 Å². The maximum atomic E-state index is 12.6. The van der Waals surface area contributed by atoms with Gasteiger partial charge in [-0.15, -0.1) is 11.3 Å². The molecule has 0 atom stereocenters. The van der Waals surface area contributed by atoms with E-state index in [1.807, 2.05) is 49.4 Å². The minimum Gasteiger partial charge on any atom is -0.321 e. The van der Waals surface area contributed by atoms with Crippen molar-refractivity contribution in [2.75, 3.05) is 5.32 Å². The molecule has 7 heteroatoms. The van der Waals surface area contributed by atoms with Crippen LogP contribution in [0.4, 0.5) is 5.69 Å². The van der Waals surface area contributed by atoms with Crippen molar-refractivity contribution in [1.82, 2.24) is 14.8 Å². The molecule has 4 aromatic rings. The summed E-state index contributed by atoms with van der Waals surface area (Å²) < 4.78 is 2.30. The van der Waals surface area contributed by atoms with Crippen LogP contribution in [-0.4, -0.2) is 20.7 Å². The SMILES string of the molecule is Cc1nc2ccc(NC(=O)c3ccc(=O)n(Cc4ccccc4)n3)cc2s1. The van der Waals surface area contributed by atoms with E-state index in [0.717, 1.165) is 20.8 Å². The van der Waals surface area contributed by atoms with Gasteiger partial charge in [0.15, 0.2) is 0 Å². The predicted molar refractivity (Wildman–Crippen MR) is 106 cm³/mol. The fourth-order valence-corrected chi connectivity index (χ4v) is 3.62. The Hall–Kier alpha value is -3.32. The number of rotatable bonds is 4. The molecule has 0 saturated heterocycles. The zero-order valence-corrected chi connectivity index (χ0v) is 15.4. The van der Waals surface area contributed by atoms with Crippen LogP contribution >= 0.6 is 11.3 Å². The van der Waals surface area contributed by atoms with Crippen molar-refractivity contribution >= 4 is 33.1 Å². The second-order valence-corrected chi connectivity index (χ2v) is 7.30. The van der Waals surface area contributed by atoms with Crippen LogP contribution in [0.3, 0.4) is 0 Å². The highest BCUT2D eigenvalue weighted by molar-refractivity contribution is 7.18. The van der Waals surface area contributed by atoms with Crippen molar-refractivity contribution in [3.8, 4) is 0 Å². The van der Waals surface area contributed by atoms with Crippen LogP contribution in [0.2, 0.25) is 0 Å². The molecule has 1 amide bonds. The molecule has 0 aliphatic carbocycles. The fraction of sp³-hybridized carbons (Fsp3) is 0.100. The van der Waals surface area contributed by atoms with Gasteiger partial charge in [0.2, 0.25) is 0 Å². The average molecular weight is 376 g/mol. The summed E-state index contributed by atoms with van der Waals surface area (Å²) in [4.78, 5) is 29.0. The number of nitrogens with zero attached hydrogens (tertiary/aromatic N) is 3. The van der Waals surface area contributed by atoms with Gasteiger partial charge in [0.25, 0.3) is 11.5 Å². The Morgan fingerprint density at radius 1 is 1.11 bits per heavy atom. The van der Waals surface area contributed by atoms with Gasteiger partial charge in [-0.1, -0.05) is 30.3 Å². The molecule has 2 heterocycles. The lowest BCUT2D eigenvalue weighted by Crippen LogP contribution is -2.26. The molecule has 1 N–H and O–H groups in total. The highest BCUT2D eigenvalue weighted by Crippen LogP contribution is 2.24. The van der Waals surface area contributed by atoms with Gasteiger partial charge >= 0.3 is 0 Å². The number of fused-ring (bicyclic) bond motifs is 1. The lowest BCUT2D eigenvalue weighted by molar-refractivity contribution is 0.102. The van der Waals surface area contributed by atoms with Crippen molar-refractivity contribution in [2.45, 2.75) is 13.5 Å². The third-order valence-corrected chi connectivity index (χ3v) is 4.96. The topological polar surface area (TPSA) is 76.9 Å².